The quantitative estimate of drug-likeness (QED) is 0.588. The molecule has 10 heavy (non-hydrogen) atoms. The normalized spacial score (nSPS) is 11.7. The Morgan fingerprint density at radius 1 is 1.40 bits per heavy atom. The van der Waals surface area contributed by atoms with Crippen molar-refractivity contribution in [3.8, 4) is 0 Å². The third-order valence-corrected chi connectivity index (χ3v) is 1.32. The van der Waals surface area contributed by atoms with Gasteiger partial charge in [-0.25, -0.2) is 0 Å². The minimum atomic E-state index is 0.922. The second kappa shape index (κ2) is 5.24. The van der Waals surface area contributed by atoms with Gasteiger partial charge in [0.1, 0.15) is 0 Å². The van der Waals surface area contributed by atoms with Gasteiger partial charge in [-0.1, -0.05) is 23.8 Å². The molecule has 0 atom stereocenters. The lowest BCUT2D eigenvalue weighted by molar-refractivity contribution is 0.790. The first-order chi connectivity index (χ1) is 4.66. The molecule has 0 saturated heterocycles. The summed E-state index contributed by atoms with van der Waals surface area (Å²) in [6.07, 6.45) is 2.12. The Kier molecular flexibility index (Phi) is 4.95. The van der Waals surface area contributed by atoms with E-state index in [9.17, 15) is 0 Å². The molecule has 0 aromatic rings. The lowest BCUT2D eigenvalue weighted by Gasteiger charge is -2.02. The van der Waals surface area contributed by atoms with Crippen LogP contribution in [0.15, 0.2) is 23.8 Å². The largest absolute Gasteiger partial charge is 0.309 e. The molecule has 0 spiro atoms. The summed E-state index contributed by atoms with van der Waals surface area (Å²) in [5.74, 6) is 0. The predicted molar refractivity (Wildman–Crippen MR) is 47.1 cm³/mol. The van der Waals surface area contributed by atoms with Crippen LogP contribution in [0, 0.1) is 0 Å². The molecule has 0 saturated carbocycles. The molecule has 0 aliphatic rings. The summed E-state index contributed by atoms with van der Waals surface area (Å²) in [4.78, 5) is 0. The van der Waals surface area contributed by atoms with Crippen molar-refractivity contribution >= 4 is 0 Å². The van der Waals surface area contributed by atoms with Crippen molar-refractivity contribution < 1.29 is 0 Å². The molecule has 0 aliphatic heterocycles. The number of nitrogens with one attached hydrogen (secondary N) is 1. The summed E-state index contributed by atoms with van der Waals surface area (Å²) in [5.41, 5.74) is 2.56. The minimum Gasteiger partial charge on any atom is -0.309 e. The highest BCUT2D eigenvalue weighted by Crippen LogP contribution is 1.88. The number of allylic oxidation sites excluding steroid dienone is 1. The molecule has 0 rings (SSSR count). The van der Waals surface area contributed by atoms with E-state index in [0.717, 1.165) is 13.1 Å². The molecular weight excluding hydrogens is 122 g/mol. The Bertz CT molecular complexity index is 134. The molecule has 1 N–H and O–H groups in total. The molecule has 1 heteroatoms. The van der Waals surface area contributed by atoms with E-state index in [2.05, 4.69) is 31.8 Å². The van der Waals surface area contributed by atoms with Crippen molar-refractivity contribution in [2.75, 3.05) is 13.1 Å². The highest BCUT2D eigenvalue weighted by molar-refractivity contribution is 5.00. The van der Waals surface area contributed by atoms with E-state index in [-0.39, 0.29) is 0 Å². The molecule has 0 bridgehead atoms. The van der Waals surface area contributed by atoms with Gasteiger partial charge in [0.15, 0.2) is 0 Å². The van der Waals surface area contributed by atoms with Crippen LogP contribution < -0.4 is 5.32 Å². The van der Waals surface area contributed by atoms with Crippen molar-refractivity contribution in [1.82, 2.24) is 5.32 Å². The average molecular weight is 139 g/mol. The Morgan fingerprint density at radius 3 is 2.40 bits per heavy atom. The van der Waals surface area contributed by atoms with Crippen LogP contribution in [-0.4, -0.2) is 13.1 Å². The maximum absolute atomic E-state index is 3.80. The molecule has 0 aliphatic carbocycles. The van der Waals surface area contributed by atoms with E-state index in [1.165, 1.54) is 11.1 Å². The van der Waals surface area contributed by atoms with Gasteiger partial charge in [-0.3, -0.25) is 0 Å². The Morgan fingerprint density at radius 2 is 2.00 bits per heavy atom. The van der Waals surface area contributed by atoms with Crippen LogP contribution in [0.1, 0.15) is 20.8 Å². The second-order valence-corrected chi connectivity index (χ2v) is 2.70. The molecular formula is C9H17N. The monoisotopic (exact) mass is 139 g/mol. The van der Waals surface area contributed by atoms with Crippen LogP contribution >= 0.6 is 0 Å². The van der Waals surface area contributed by atoms with Crippen LogP contribution in [0.5, 0.6) is 0 Å². The van der Waals surface area contributed by atoms with Crippen LogP contribution in [0.4, 0.5) is 0 Å². The first-order valence-corrected chi connectivity index (χ1v) is 3.63. The zero-order valence-corrected chi connectivity index (χ0v) is 7.20. The maximum atomic E-state index is 3.80. The summed E-state index contributed by atoms with van der Waals surface area (Å²) >= 11 is 0. The van der Waals surface area contributed by atoms with Gasteiger partial charge in [0.25, 0.3) is 0 Å². The van der Waals surface area contributed by atoms with Crippen molar-refractivity contribution in [3.05, 3.63) is 23.8 Å². The number of hydrogen-bond donors (Lipinski definition) is 1. The SMILES string of the molecule is C=C(C)CNC/C(C)=C/C. The average Bonchev–Trinajstić information content (AvgIpc) is 1.87. The molecule has 0 heterocycles. The lowest BCUT2D eigenvalue weighted by atomic mass is 10.3. The summed E-state index contributed by atoms with van der Waals surface area (Å²) in [7, 11) is 0. The van der Waals surface area contributed by atoms with Gasteiger partial charge in [-0.2, -0.15) is 0 Å². The van der Waals surface area contributed by atoms with Gasteiger partial charge in [-0.05, 0) is 20.8 Å². The molecule has 0 unspecified atom stereocenters. The molecule has 0 aromatic carbocycles. The van der Waals surface area contributed by atoms with E-state index in [4.69, 9.17) is 0 Å². The first kappa shape index (κ1) is 9.44. The predicted octanol–water partition coefficient (Wildman–Crippen LogP) is 2.12. The van der Waals surface area contributed by atoms with Crippen molar-refractivity contribution in [1.29, 1.82) is 0 Å². The highest BCUT2D eigenvalue weighted by Gasteiger charge is 1.86. The fourth-order valence-electron chi connectivity index (χ4n) is 0.575. The fraction of sp³-hybridized carbons (Fsp3) is 0.556. The minimum absolute atomic E-state index is 0.922. The Hall–Kier alpha value is -0.560. The second-order valence-electron chi connectivity index (χ2n) is 2.70. The van der Waals surface area contributed by atoms with Gasteiger partial charge >= 0.3 is 0 Å². The zero-order chi connectivity index (χ0) is 7.98. The van der Waals surface area contributed by atoms with Gasteiger partial charge < -0.3 is 5.32 Å². The summed E-state index contributed by atoms with van der Waals surface area (Å²) in [6.45, 7) is 11.9. The van der Waals surface area contributed by atoms with E-state index in [0.29, 0.717) is 0 Å². The molecule has 0 radical (unpaired) electrons. The number of hydrogen-bond acceptors (Lipinski definition) is 1. The van der Waals surface area contributed by atoms with Crippen LogP contribution in [-0.2, 0) is 0 Å². The summed E-state index contributed by atoms with van der Waals surface area (Å²) in [5, 5.41) is 3.27. The van der Waals surface area contributed by atoms with E-state index < -0.39 is 0 Å². The van der Waals surface area contributed by atoms with Crippen molar-refractivity contribution in [3.63, 3.8) is 0 Å². The van der Waals surface area contributed by atoms with Crippen molar-refractivity contribution in [2.45, 2.75) is 20.8 Å². The zero-order valence-electron chi connectivity index (χ0n) is 7.20. The Balaban J connectivity index is 3.29. The van der Waals surface area contributed by atoms with Gasteiger partial charge in [-0.15, -0.1) is 0 Å². The molecule has 1 nitrogen and oxygen atoms in total. The molecule has 0 aromatic heterocycles. The van der Waals surface area contributed by atoms with Crippen LogP contribution in [0.25, 0.3) is 0 Å². The number of rotatable bonds is 4. The third-order valence-electron chi connectivity index (χ3n) is 1.32. The molecule has 58 valence electrons. The molecule has 0 amide bonds. The van der Waals surface area contributed by atoms with E-state index in [1.807, 2.05) is 6.92 Å². The summed E-state index contributed by atoms with van der Waals surface area (Å²) < 4.78 is 0. The standard InChI is InChI=1S/C9H17N/c1-5-9(4)7-10-6-8(2)3/h5,10H,2,6-7H2,1,3-4H3/b9-5+. The Labute approximate surface area is 63.8 Å². The first-order valence-electron chi connectivity index (χ1n) is 3.63. The maximum Gasteiger partial charge on any atom is 0.0164 e. The third kappa shape index (κ3) is 5.57. The van der Waals surface area contributed by atoms with Gasteiger partial charge in [0.05, 0.1) is 0 Å². The van der Waals surface area contributed by atoms with E-state index >= 15 is 0 Å². The smallest absolute Gasteiger partial charge is 0.0164 e. The van der Waals surface area contributed by atoms with E-state index in [1.54, 1.807) is 0 Å². The summed E-state index contributed by atoms with van der Waals surface area (Å²) in [6, 6.07) is 0. The fourth-order valence-corrected chi connectivity index (χ4v) is 0.575. The van der Waals surface area contributed by atoms with Gasteiger partial charge in [0.2, 0.25) is 0 Å². The lowest BCUT2D eigenvalue weighted by Crippen LogP contribution is -2.17. The van der Waals surface area contributed by atoms with Gasteiger partial charge in [0, 0.05) is 13.1 Å². The van der Waals surface area contributed by atoms with Crippen molar-refractivity contribution in [2.24, 2.45) is 0 Å². The van der Waals surface area contributed by atoms with Crippen LogP contribution in [0.2, 0.25) is 0 Å². The topological polar surface area (TPSA) is 12.0 Å². The molecule has 0 fully saturated rings. The van der Waals surface area contributed by atoms with Crippen LogP contribution in [0.3, 0.4) is 0 Å². The highest BCUT2D eigenvalue weighted by atomic mass is 14.8.